The average Bonchev–Trinajstić information content (AvgIpc) is 3.07. The van der Waals surface area contributed by atoms with Crippen molar-refractivity contribution in [2.24, 2.45) is 0 Å². The van der Waals surface area contributed by atoms with Crippen molar-refractivity contribution >= 4 is 17.2 Å². The molecule has 1 aliphatic heterocycles. The van der Waals surface area contributed by atoms with Gasteiger partial charge in [0.25, 0.3) is 0 Å². The molecule has 0 radical (unpaired) electrons. The van der Waals surface area contributed by atoms with E-state index in [-0.39, 0.29) is 11.8 Å². The second-order valence-corrected chi connectivity index (χ2v) is 6.04. The molecule has 22 heavy (non-hydrogen) atoms. The van der Waals surface area contributed by atoms with Gasteiger partial charge in [-0.2, -0.15) is 16.6 Å². The fraction of sp³-hybridized carbons (Fsp3) is 0.294. The third kappa shape index (κ3) is 3.12. The predicted octanol–water partition coefficient (Wildman–Crippen LogP) is 3.39. The zero-order valence-electron chi connectivity index (χ0n) is 12.0. The number of carbonyl (C=O) groups is 1. The van der Waals surface area contributed by atoms with Crippen molar-refractivity contribution in [3.8, 4) is 11.8 Å². The van der Waals surface area contributed by atoms with Gasteiger partial charge in [-0.05, 0) is 46.4 Å². The number of nitriles is 1. The van der Waals surface area contributed by atoms with Gasteiger partial charge in [0.1, 0.15) is 11.8 Å². The third-order valence-electron chi connectivity index (χ3n) is 3.83. The molecule has 0 saturated carbocycles. The van der Waals surface area contributed by atoms with E-state index in [9.17, 15) is 10.1 Å². The van der Waals surface area contributed by atoms with Gasteiger partial charge in [-0.25, -0.2) is 0 Å². The lowest BCUT2D eigenvalue weighted by Gasteiger charge is -2.25. The van der Waals surface area contributed by atoms with Crippen LogP contribution in [-0.4, -0.2) is 12.5 Å². The first-order valence-electron chi connectivity index (χ1n) is 7.20. The number of para-hydroxylation sites is 1. The number of nitrogens with zero attached hydrogens (tertiary/aromatic N) is 1. The monoisotopic (exact) mass is 312 g/mol. The number of amides is 1. The Labute approximate surface area is 133 Å². The maximum Gasteiger partial charge on any atom is 0.221 e. The first-order valence-corrected chi connectivity index (χ1v) is 8.15. The first-order chi connectivity index (χ1) is 10.8. The van der Waals surface area contributed by atoms with Gasteiger partial charge in [0, 0.05) is 6.42 Å². The summed E-state index contributed by atoms with van der Waals surface area (Å²) in [7, 11) is 0. The van der Waals surface area contributed by atoms with Crippen LogP contribution in [0.4, 0.5) is 0 Å². The summed E-state index contributed by atoms with van der Waals surface area (Å²) in [5.41, 5.74) is 1.92. The fourth-order valence-electron chi connectivity index (χ4n) is 2.70. The zero-order chi connectivity index (χ0) is 15.4. The summed E-state index contributed by atoms with van der Waals surface area (Å²) in [5, 5.41) is 15.8. The topological polar surface area (TPSA) is 62.1 Å². The Bertz CT molecular complexity index is 691. The van der Waals surface area contributed by atoms with Crippen LogP contribution in [0, 0.1) is 11.3 Å². The van der Waals surface area contributed by atoms with Crippen LogP contribution in [0.5, 0.6) is 5.75 Å². The van der Waals surface area contributed by atoms with Crippen LogP contribution in [0.15, 0.2) is 41.1 Å². The van der Waals surface area contributed by atoms with E-state index in [0.717, 1.165) is 23.3 Å². The van der Waals surface area contributed by atoms with Gasteiger partial charge >= 0.3 is 0 Å². The fourth-order valence-corrected chi connectivity index (χ4v) is 3.39. The quantitative estimate of drug-likeness (QED) is 0.941. The lowest BCUT2D eigenvalue weighted by atomic mass is 9.90. The number of hydrogen-bond donors (Lipinski definition) is 1. The molecule has 0 bridgehead atoms. The van der Waals surface area contributed by atoms with Gasteiger partial charge in [0.15, 0.2) is 0 Å². The molecule has 1 aromatic heterocycles. The highest BCUT2D eigenvalue weighted by Gasteiger charge is 2.24. The van der Waals surface area contributed by atoms with Gasteiger partial charge in [-0.1, -0.05) is 18.2 Å². The Balaban J connectivity index is 1.67. The molecule has 0 saturated heterocycles. The number of rotatable bonds is 4. The maximum absolute atomic E-state index is 12.3. The summed E-state index contributed by atoms with van der Waals surface area (Å²) < 4.78 is 5.61. The van der Waals surface area contributed by atoms with Crippen LogP contribution < -0.4 is 10.1 Å². The summed E-state index contributed by atoms with van der Waals surface area (Å²) in [6.45, 7) is 0.626. The molecule has 2 heterocycles. The van der Waals surface area contributed by atoms with E-state index >= 15 is 0 Å². The number of thiophene rings is 1. The van der Waals surface area contributed by atoms with Crippen LogP contribution in [0.2, 0.25) is 0 Å². The highest BCUT2D eigenvalue weighted by molar-refractivity contribution is 7.08. The summed E-state index contributed by atoms with van der Waals surface area (Å²) in [6.07, 6.45) is 1.20. The van der Waals surface area contributed by atoms with Crippen molar-refractivity contribution in [2.45, 2.75) is 24.8 Å². The molecule has 0 fully saturated rings. The molecular weight excluding hydrogens is 296 g/mol. The van der Waals surface area contributed by atoms with E-state index in [0.29, 0.717) is 13.0 Å². The van der Waals surface area contributed by atoms with E-state index in [4.69, 9.17) is 4.74 Å². The normalized spacial score (nSPS) is 17.7. The number of nitrogens with one attached hydrogen (secondary N) is 1. The summed E-state index contributed by atoms with van der Waals surface area (Å²) in [6, 6.07) is 11.3. The molecule has 0 aliphatic carbocycles. The number of ether oxygens (including phenoxy) is 1. The number of benzene rings is 1. The predicted molar refractivity (Wildman–Crippen MR) is 84.7 cm³/mol. The van der Waals surface area contributed by atoms with Crippen LogP contribution in [0.25, 0.3) is 0 Å². The summed E-state index contributed by atoms with van der Waals surface area (Å²) in [5.74, 6) is 0.910. The Hall–Kier alpha value is -2.32. The minimum atomic E-state index is -0.575. The maximum atomic E-state index is 12.3. The van der Waals surface area contributed by atoms with Crippen LogP contribution in [-0.2, 0) is 4.79 Å². The highest BCUT2D eigenvalue weighted by atomic mass is 32.1. The van der Waals surface area contributed by atoms with E-state index in [1.807, 2.05) is 41.1 Å². The number of carbonyl (C=O) groups excluding carboxylic acids is 1. The molecule has 1 N–H and O–H groups in total. The number of fused-ring (bicyclic) bond motifs is 1. The van der Waals surface area contributed by atoms with Crippen molar-refractivity contribution < 1.29 is 9.53 Å². The Kier molecular flexibility index (Phi) is 4.40. The molecule has 3 rings (SSSR count). The lowest BCUT2D eigenvalue weighted by molar-refractivity contribution is -0.122. The van der Waals surface area contributed by atoms with Crippen molar-refractivity contribution in [1.82, 2.24) is 5.32 Å². The molecule has 4 nitrogen and oxygen atoms in total. The van der Waals surface area contributed by atoms with Gasteiger partial charge in [-0.15, -0.1) is 0 Å². The van der Waals surface area contributed by atoms with Gasteiger partial charge in [0.2, 0.25) is 5.91 Å². The lowest BCUT2D eigenvalue weighted by Crippen LogP contribution is -2.29. The number of hydrogen-bond acceptors (Lipinski definition) is 4. The molecule has 2 aromatic rings. The van der Waals surface area contributed by atoms with E-state index in [1.54, 1.807) is 0 Å². The Morgan fingerprint density at radius 3 is 3.09 bits per heavy atom. The van der Waals surface area contributed by atoms with E-state index in [1.165, 1.54) is 11.3 Å². The standard InChI is InChI=1S/C17H16N2O2S/c18-10-15(13-6-8-22-11-13)19-17(20)9-12-5-7-21-16-4-2-1-3-14(12)16/h1-4,6,8,11-12,15H,5,7,9H2,(H,19,20). The summed E-state index contributed by atoms with van der Waals surface area (Å²) >= 11 is 1.52. The van der Waals surface area contributed by atoms with Gasteiger partial charge < -0.3 is 10.1 Å². The largest absolute Gasteiger partial charge is 0.493 e. The molecule has 2 unspecified atom stereocenters. The SMILES string of the molecule is N#CC(NC(=O)CC1CCOc2ccccc21)c1ccsc1. The molecule has 2 atom stereocenters. The average molecular weight is 312 g/mol. The summed E-state index contributed by atoms with van der Waals surface area (Å²) in [4.78, 5) is 12.3. The van der Waals surface area contributed by atoms with Crippen LogP contribution in [0.1, 0.15) is 35.9 Å². The first kappa shape index (κ1) is 14.6. The van der Waals surface area contributed by atoms with Gasteiger partial charge in [-0.3, -0.25) is 4.79 Å². The van der Waals surface area contributed by atoms with Crippen LogP contribution >= 0.6 is 11.3 Å². The molecule has 1 amide bonds. The molecule has 1 aromatic carbocycles. The van der Waals surface area contributed by atoms with Crippen molar-refractivity contribution in [3.63, 3.8) is 0 Å². The minimum Gasteiger partial charge on any atom is -0.493 e. The zero-order valence-corrected chi connectivity index (χ0v) is 12.8. The van der Waals surface area contributed by atoms with E-state index < -0.39 is 6.04 Å². The van der Waals surface area contributed by atoms with Crippen molar-refractivity contribution in [1.29, 1.82) is 5.26 Å². The van der Waals surface area contributed by atoms with Gasteiger partial charge in [0.05, 0.1) is 12.7 Å². The minimum absolute atomic E-state index is 0.0977. The molecule has 0 spiro atoms. The Morgan fingerprint density at radius 2 is 2.32 bits per heavy atom. The van der Waals surface area contributed by atoms with E-state index in [2.05, 4.69) is 11.4 Å². The molecule has 1 aliphatic rings. The molecular formula is C17H16N2O2S. The Morgan fingerprint density at radius 1 is 1.45 bits per heavy atom. The van der Waals surface area contributed by atoms with Crippen LogP contribution in [0.3, 0.4) is 0 Å². The second kappa shape index (κ2) is 6.63. The van der Waals surface area contributed by atoms with Crippen molar-refractivity contribution in [2.75, 3.05) is 6.61 Å². The third-order valence-corrected chi connectivity index (χ3v) is 4.53. The molecule has 112 valence electrons. The highest BCUT2D eigenvalue weighted by Crippen LogP contribution is 2.35. The second-order valence-electron chi connectivity index (χ2n) is 5.26. The smallest absolute Gasteiger partial charge is 0.221 e. The molecule has 5 heteroatoms. The van der Waals surface area contributed by atoms with Crippen molar-refractivity contribution in [3.05, 3.63) is 52.2 Å².